The van der Waals surface area contributed by atoms with Gasteiger partial charge in [0.1, 0.15) is 0 Å². The molecule has 21 heavy (non-hydrogen) atoms. The summed E-state index contributed by atoms with van der Waals surface area (Å²) in [5, 5.41) is 3.06. The summed E-state index contributed by atoms with van der Waals surface area (Å²) in [4.78, 5) is 0. The molecular formula is C14H32ClN3O2S. The molecule has 0 aromatic carbocycles. The van der Waals surface area contributed by atoms with E-state index in [9.17, 15) is 8.42 Å². The van der Waals surface area contributed by atoms with Crippen LogP contribution in [-0.4, -0.2) is 45.9 Å². The van der Waals surface area contributed by atoms with E-state index in [0.717, 1.165) is 19.4 Å². The highest BCUT2D eigenvalue weighted by Crippen LogP contribution is 2.34. The molecule has 0 aliphatic carbocycles. The molecule has 0 spiro atoms. The summed E-state index contributed by atoms with van der Waals surface area (Å²) in [5.41, 5.74) is 0.268. The summed E-state index contributed by atoms with van der Waals surface area (Å²) in [6.07, 6.45) is 1.91. The highest BCUT2D eigenvalue weighted by atomic mass is 35.5. The largest absolute Gasteiger partial charge is 0.319 e. The molecule has 0 amide bonds. The van der Waals surface area contributed by atoms with E-state index in [1.165, 1.54) is 0 Å². The zero-order chi connectivity index (χ0) is 15.4. The molecule has 0 saturated carbocycles. The van der Waals surface area contributed by atoms with Gasteiger partial charge in [-0.2, -0.15) is 12.7 Å². The first kappa shape index (κ1) is 21.1. The number of nitrogens with one attached hydrogen (secondary N) is 2. The normalized spacial score (nSPS) is 20.0. The maximum Gasteiger partial charge on any atom is 0.279 e. The molecule has 2 N–H and O–H groups in total. The molecule has 1 unspecified atom stereocenters. The molecule has 0 radical (unpaired) electrons. The Morgan fingerprint density at radius 3 is 2.14 bits per heavy atom. The number of piperidine rings is 1. The Balaban J connectivity index is 0.00000400. The molecule has 1 saturated heterocycles. The second-order valence-corrected chi connectivity index (χ2v) is 8.81. The van der Waals surface area contributed by atoms with Crippen LogP contribution in [0.25, 0.3) is 0 Å². The van der Waals surface area contributed by atoms with Gasteiger partial charge in [-0.3, -0.25) is 0 Å². The maximum absolute atomic E-state index is 12.2. The van der Waals surface area contributed by atoms with Gasteiger partial charge >= 0.3 is 0 Å². The Labute approximate surface area is 136 Å². The second kappa shape index (κ2) is 8.67. The fraction of sp³-hybridized carbons (Fsp3) is 1.00. The smallest absolute Gasteiger partial charge is 0.279 e. The Morgan fingerprint density at radius 2 is 1.71 bits per heavy atom. The predicted octanol–water partition coefficient (Wildman–Crippen LogP) is 1.86. The highest BCUT2D eigenvalue weighted by molar-refractivity contribution is 7.87. The molecule has 7 heteroatoms. The van der Waals surface area contributed by atoms with Gasteiger partial charge in [-0.05, 0) is 43.7 Å². The topological polar surface area (TPSA) is 61.4 Å². The van der Waals surface area contributed by atoms with Crippen LogP contribution in [0.1, 0.15) is 40.5 Å². The van der Waals surface area contributed by atoms with E-state index in [1.807, 2.05) is 14.0 Å². The van der Waals surface area contributed by atoms with Gasteiger partial charge in [0.2, 0.25) is 0 Å². The lowest BCUT2D eigenvalue weighted by Gasteiger charge is -2.38. The fourth-order valence-corrected chi connectivity index (χ4v) is 4.09. The molecule has 1 fully saturated rings. The van der Waals surface area contributed by atoms with E-state index >= 15 is 0 Å². The van der Waals surface area contributed by atoms with Crippen molar-refractivity contribution in [2.75, 3.05) is 33.2 Å². The van der Waals surface area contributed by atoms with Crippen LogP contribution in [0.2, 0.25) is 0 Å². The van der Waals surface area contributed by atoms with Crippen molar-refractivity contribution >= 4 is 22.6 Å². The van der Waals surface area contributed by atoms with Gasteiger partial charge < -0.3 is 5.32 Å². The lowest BCUT2D eigenvalue weighted by molar-refractivity contribution is 0.153. The van der Waals surface area contributed by atoms with Crippen molar-refractivity contribution in [1.29, 1.82) is 0 Å². The fourth-order valence-electron chi connectivity index (χ4n) is 2.72. The zero-order valence-corrected chi connectivity index (χ0v) is 15.6. The Morgan fingerprint density at radius 1 is 1.19 bits per heavy atom. The van der Waals surface area contributed by atoms with Gasteiger partial charge in [-0.25, -0.2) is 4.72 Å². The Bertz CT molecular complexity index is 388. The van der Waals surface area contributed by atoms with Gasteiger partial charge in [-0.15, -0.1) is 12.4 Å². The molecule has 1 rings (SSSR count). The van der Waals surface area contributed by atoms with Gasteiger partial charge in [-0.1, -0.05) is 27.7 Å². The molecule has 0 bridgehead atoms. The standard InChI is InChI=1S/C14H31N3O2S.ClH/c1-12(10-15-5)11-16-20(18,19)17-8-6-13(7-9-17)14(2,3)4;/h12-13,15-16H,6-11H2,1-5H3;1H. The molecule has 5 nitrogen and oxygen atoms in total. The number of hydrogen-bond acceptors (Lipinski definition) is 3. The van der Waals surface area contributed by atoms with E-state index < -0.39 is 10.2 Å². The van der Waals surface area contributed by atoms with Crippen LogP contribution >= 0.6 is 12.4 Å². The van der Waals surface area contributed by atoms with Crippen LogP contribution in [0, 0.1) is 17.3 Å². The lowest BCUT2D eigenvalue weighted by atomic mass is 9.76. The summed E-state index contributed by atoms with van der Waals surface area (Å²) >= 11 is 0. The van der Waals surface area contributed by atoms with Crippen LogP contribution in [0.15, 0.2) is 0 Å². The van der Waals surface area contributed by atoms with E-state index in [2.05, 4.69) is 30.8 Å². The average Bonchev–Trinajstić information content (AvgIpc) is 2.36. The van der Waals surface area contributed by atoms with Crippen LogP contribution < -0.4 is 10.0 Å². The summed E-state index contributed by atoms with van der Waals surface area (Å²) in [7, 11) is -1.43. The molecule has 0 aromatic heterocycles. The number of rotatable bonds is 6. The quantitative estimate of drug-likeness (QED) is 0.775. The minimum atomic E-state index is -3.31. The highest BCUT2D eigenvalue weighted by Gasteiger charge is 2.33. The Kier molecular flexibility index (Phi) is 8.72. The van der Waals surface area contributed by atoms with E-state index in [0.29, 0.717) is 31.5 Å². The lowest BCUT2D eigenvalue weighted by Crippen LogP contribution is -2.47. The monoisotopic (exact) mass is 341 g/mol. The summed E-state index contributed by atoms with van der Waals surface area (Å²) in [5.74, 6) is 0.902. The van der Waals surface area contributed by atoms with Crippen LogP contribution in [0.3, 0.4) is 0 Å². The molecular weight excluding hydrogens is 310 g/mol. The molecule has 1 heterocycles. The third kappa shape index (κ3) is 6.82. The van der Waals surface area contributed by atoms with Gasteiger partial charge in [0.05, 0.1) is 0 Å². The van der Waals surface area contributed by atoms with Crippen molar-refractivity contribution in [1.82, 2.24) is 14.3 Å². The first-order chi connectivity index (χ1) is 9.16. The minimum Gasteiger partial charge on any atom is -0.319 e. The first-order valence-corrected chi connectivity index (χ1v) is 9.00. The third-order valence-corrected chi connectivity index (χ3v) is 5.76. The van der Waals surface area contributed by atoms with Crippen LogP contribution in [-0.2, 0) is 10.2 Å². The van der Waals surface area contributed by atoms with Crippen molar-refractivity contribution in [2.45, 2.75) is 40.5 Å². The van der Waals surface area contributed by atoms with E-state index in [4.69, 9.17) is 0 Å². The van der Waals surface area contributed by atoms with E-state index in [-0.39, 0.29) is 17.8 Å². The summed E-state index contributed by atoms with van der Waals surface area (Å²) < 4.78 is 28.8. The van der Waals surface area contributed by atoms with Crippen LogP contribution in [0.5, 0.6) is 0 Å². The van der Waals surface area contributed by atoms with Gasteiger partial charge in [0.15, 0.2) is 0 Å². The SMILES string of the molecule is CNCC(C)CNS(=O)(=O)N1CCC(C(C)(C)C)CC1.Cl. The summed E-state index contributed by atoms with van der Waals surface area (Å²) in [6, 6.07) is 0. The minimum absolute atomic E-state index is 0. The van der Waals surface area contributed by atoms with Crippen molar-refractivity contribution in [3.05, 3.63) is 0 Å². The van der Waals surface area contributed by atoms with Gasteiger partial charge in [0.25, 0.3) is 10.2 Å². The number of nitrogens with zero attached hydrogens (tertiary/aromatic N) is 1. The average molecular weight is 342 g/mol. The Hall–Kier alpha value is 0.120. The van der Waals surface area contributed by atoms with Crippen molar-refractivity contribution in [3.8, 4) is 0 Å². The number of halogens is 1. The van der Waals surface area contributed by atoms with E-state index in [1.54, 1.807) is 4.31 Å². The molecule has 1 atom stereocenters. The molecule has 128 valence electrons. The summed E-state index contributed by atoms with van der Waals surface area (Å²) in [6.45, 7) is 11.3. The second-order valence-electron chi connectivity index (χ2n) is 7.06. The zero-order valence-electron chi connectivity index (χ0n) is 14.0. The third-order valence-electron chi connectivity index (χ3n) is 4.19. The predicted molar refractivity (Wildman–Crippen MR) is 91.0 cm³/mol. The van der Waals surface area contributed by atoms with Crippen LogP contribution in [0.4, 0.5) is 0 Å². The molecule has 1 aliphatic rings. The molecule has 1 aliphatic heterocycles. The van der Waals surface area contributed by atoms with Crippen molar-refractivity contribution in [2.24, 2.45) is 17.3 Å². The van der Waals surface area contributed by atoms with Crippen molar-refractivity contribution < 1.29 is 8.42 Å². The van der Waals surface area contributed by atoms with Gasteiger partial charge in [0, 0.05) is 19.6 Å². The molecule has 0 aromatic rings. The first-order valence-electron chi connectivity index (χ1n) is 7.56. The maximum atomic E-state index is 12.2. The number of hydrogen-bond donors (Lipinski definition) is 2. The van der Waals surface area contributed by atoms with Crippen molar-refractivity contribution in [3.63, 3.8) is 0 Å².